The Labute approximate surface area is 131 Å². The topological polar surface area (TPSA) is 58.9 Å². The number of rotatable bonds is 7. The molecule has 0 aromatic carbocycles. The lowest BCUT2D eigenvalue weighted by atomic mass is 9.41. The van der Waals surface area contributed by atoms with E-state index >= 15 is 0 Å². The van der Waals surface area contributed by atoms with E-state index in [4.69, 9.17) is 9.31 Å². The van der Waals surface area contributed by atoms with E-state index in [0.29, 0.717) is 5.92 Å². The number of aliphatic hydroxyl groups is 2. The second-order valence-electron chi connectivity index (χ2n) is 7.41. The van der Waals surface area contributed by atoms with Crippen LogP contribution in [0.4, 0.5) is 0 Å². The Morgan fingerprint density at radius 1 is 1.38 bits per heavy atom. The van der Waals surface area contributed by atoms with Gasteiger partial charge in [-0.05, 0) is 46.5 Å². The van der Waals surface area contributed by atoms with Crippen molar-refractivity contribution in [2.75, 3.05) is 0 Å². The van der Waals surface area contributed by atoms with E-state index in [-0.39, 0.29) is 12.7 Å². The maximum Gasteiger partial charge on any atom is 0.290 e. The van der Waals surface area contributed by atoms with E-state index in [0.717, 1.165) is 6.42 Å². The minimum absolute atomic E-state index is 0.214. The van der Waals surface area contributed by atoms with Gasteiger partial charge in [0.2, 0.25) is 0 Å². The predicted molar refractivity (Wildman–Crippen MR) is 87.3 cm³/mol. The zero-order chi connectivity index (χ0) is 16.6. The summed E-state index contributed by atoms with van der Waals surface area (Å²) in [6.07, 6.45) is 0.398. The lowest BCUT2D eigenvalue weighted by molar-refractivity contribution is -0.269. The largest absolute Gasteiger partial charge is 0.439 e. The molecule has 4 nitrogen and oxygen atoms in total. The molecular formula is C15H31B2O4. The minimum Gasteiger partial charge on any atom is -0.439 e. The van der Waals surface area contributed by atoms with E-state index in [1.54, 1.807) is 14.3 Å². The normalized spacial score (nSPS) is 37.8. The molecule has 0 aliphatic heterocycles. The molecule has 6 heteroatoms. The summed E-state index contributed by atoms with van der Waals surface area (Å²) in [7, 11) is 1.65. The molecule has 2 N–H and O–H groups in total. The lowest BCUT2D eigenvalue weighted by Crippen LogP contribution is -2.73. The fourth-order valence-electron chi connectivity index (χ4n) is 3.39. The number of hydrogen-bond acceptors (Lipinski definition) is 4. The van der Waals surface area contributed by atoms with Crippen LogP contribution in [0.1, 0.15) is 54.9 Å². The van der Waals surface area contributed by atoms with Crippen molar-refractivity contribution < 1.29 is 19.5 Å². The standard InChI is InChI=1S/C15H31B2O4/c1-9-12-10(2)14(6,19)15(12,7)20-16-17(8)21-13(4,5)11(3)18/h10-12,18-19H,9H2,1-8H3. The Kier molecular flexibility index (Phi) is 5.64. The summed E-state index contributed by atoms with van der Waals surface area (Å²) < 4.78 is 11.8. The molecule has 0 saturated heterocycles. The number of hydrogen-bond donors (Lipinski definition) is 2. The smallest absolute Gasteiger partial charge is 0.290 e. The van der Waals surface area contributed by atoms with Crippen LogP contribution in [0, 0.1) is 11.8 Å². The van der Waals surface area contributed by atoms with Gasteiger partial charge in [-0.1, -0.05) is 27.1 Å². The van der Waals surface area contributed by atoms with Gasteiger partial charge in [0.1, 0.15) is 0 Å². The van der Waals surface area contributed by atoms with E-state index in [2.05, 4.69) is 13.8 Å². The number of aliphatic hydroxyl groups excluding tert-OH is 1. The average Bonchev–Trinajstić information content (AvgIpc) is 2.36. The van der Waals surface area contributed by atoms with Crippen LogP contribution in [0.5, 0.6) is 0 Å². The summed E-state index contributed by atoms with van der Waals surface area (Å²) in [4.78, 5) is 0. The molecule has 1 radical (unpaired) electrons. The second kappa shape index (κ2) is 6.23. The van der Waals surface area contributed by atoms with Gasteiger partial charge < -0.3 is 19.5 Å². The SMILES string of the molecule is CCC1C(C)C(C)(O)C1(C)O[B]B(C)OC(C)(C)C(C)O. The highest BCUT2D eigenvalue weighted by Gasteiger charge is 2.64. The van der Waals surface area contributed by atoms with Gasteiger partial charge in [-0.25, -0.2) is 0 Å². The molecule has 0 bridgehead atoms. The summed E-state index contributed by atoms with van der Waals surface area (Å²) >= 11 is 0. The molecule has 5 atom stereocenters. The van der Waals surface area contributed by atoms with Crippen LogP contribution in [0.25, 0.3) is 0 Å². The Hall–Kier alpha value is -0.0301. The highest BCUT2D eigenvalue weighted by molar-refractivity contribution is 7.05. The molecule has 0 heterocycles. The van der Waals surface area contributed by atoms with E-state index in [1.165, 1.54) is 0 Å². The monoisotopic (exact) mass is 297 g/mol. The van der Waals surface area contributed by atoms with E-state index in [9.17, 15) is 10.2 Å². The maximum absolute atomic E-state index is 10.6. The van der Waals surface area contributed by atoms with Crippen molar-refractivity contribution >= 4 is 14.2 Å². The maximum atomic E-state index is 10.6. The van der Waals surface area contributed by atoms with Crippen LogP contribution in [-0.4, -0.2) is 47.3 Å². The Morgan fingerprint density at radius 3 is 2.33 bits per heavy atom. The van der Waals surface area contributed by atoms with Crippen LogP contribution >= 0.6 is 0 Å². The molecular weight excluding hydrogens is 266 g/mol. The molecule has 1 aliphatic carbocycles. The van der Waals surface area contributed by atoms with Crippen molar-refractivity contribution in [3.63, 3.8) is 0 Å². The third-order valence-corrected chi connectivity index (χ3v) is 5.64. The first-order chi connectivity index (χ1) is 9.40. The molecule has 0 spiro atoms. The van der Waals surface area contributed by atoms with Crippen LogP contribution in [0.15, 0.2) is 0 Å². The summed E-state index contributed by atoms with van der Waals surface area (Å²) in [5.74, 6) is 0.534. The van der Waals surface area contributed by atoms with Crippen molar-refractivity contribution in [3.8, 4) is 0 Å². The third-order valence-electron chi connectivity index (χ3n) is 5.64. The second-order valence-corrected chi connectivity index (χ2v) is 7.41. The highest BCUT2D eigenvalue weighted by atomic mass is 16.5. The fourth-order valence-corrected chi connectivity index (χ4v) is 3.39. The molecule has 0 aromatic heterocycles. The molecule has 1 saturated carbocycles. The molecule has 0 aromatic rings. The van der Waals surface area contributed by atoms with Gasteiger partial charge in [0.05, 0.1) is 22.9 Å². The van der Waals surface area contributed by atoms with Crippen LogP contribution in [-0.2, 0) is 9.31 Å². The summed E-state index contributed by atoms with van der Waals surface area (Å²) in [6.45, 7) is 15.0. The molecule has 21 heavy (non-hydrogen) atoms. The zero-order valence-electron chi connectivity index (χ0n) is 14.8. The van der Waals surface area contributed by atoms with Crippen molar-refractivity contribution in [2.45, 2.75) is 84.6 Å². The average molecular weight is 297 g/mol. The summed E-state index contributed by atoms with van der Waals surface area (Å²) in [6, 6.07) is 0. The minimum atomic E-state index is -0.844. The van der Waals surface area contributed by atoms with Gasteiger partial charge in [0, 0.05) is 0 Å². The first-order valence-electron chi connectivity index (χ1n) is 7.99. The fraction of sp³-hybridized carbons (Fsp3) is 1.00. The van der Waals surface area contributed by atoms with Crippen LogP contribution in [0.3, 0.4) is 0 Å². The Balaban J connectivity index is 2.62. The van der Waals surface area contributed by atoms with Gasteiger partial charge in [-0.3, -0.25) is 0 Å². The van der Waals surface area contributed by atoms with Crippen LogP contribution in [0.2, 0.25) is 6.82 Å². The molecule has 5 unspecified atom stereocenters. The molecule has 1 aliphatic rings. The molecule has 121 valence electrons. The summed E-state index contributed by atoms with van der Waals surface area (Å²) in [5, 5.41) is 20.3. The highest BCUT2D eigenvalue weighted by Crippen LogP contribution is 2.55. The van der Waals surface area contributed by atoms with E-state index in [1.807, 2.05) is 34.5 Å². The van der Waals surface area contributed by atoms with E-state index < -0.39 is 22.9 Å². The zero-order valence-corrected chi connectivity index (χ0v) is 14.8. The van der Waals surface area contributed by atoms with Crippen LogP contribution < -0.4 is 0 Å². The molecule has 1 fully saturated rings. The van der Waals surface area contributed by atoms with Gasteiger partial charge >= 0.3 is 0 Å². The van der Waals surface area contributed by atoms with Gasteiger partial charge in [0.15, 0.2) is 0 Å². The lowest BCUT2D eigenvalue weighted by Gasteiger charge is -2.63. The van der Waals surface area contributed by atoms with Gasteiger partial charge in [0.25, 0.3) is 14.2 Å². The molecule has 1 rings (SSSR count). The quantitative estimate of drug-likeness (QED) is 0.707. The van der Waals surface area contributed by atoms with Crippen molar-refractivity contribution in [1.29, 1.82) is 0 Å². The summed E-state index contributed by atoms with van der Waals surface area (Å²) in [5.41, 5.74) is -2.07. The van der Waals surface area contributed by atoms with Gasteiger partial charge in [-0.2, -0.15) is 0 Å². The van der Waals surface area contributed by atoms with Crippen molar-refractivity contribution in [2.24, 2.45) is 11.8 Å². The third kappa shape index (κ3) is 3.34. The first kappa shape index (κ1) is 19.0. The van der Waals surface area contributed by atoms with Crippen molar-refractivity contribution in [1.82, 2.24) is 0 Å². The Morgan fingerprint density at radius 2 is 1.90 bits per heavy atom. The first-order valence-corrected chi connectivity index (χ1v) is 7.99. The van der Waals surface area contributed by atoms with Crippen molar-refractivity contribution in [3.05, 3.63) is 0 Å². The Bertz CT molecular complexity index is 360. The van der Waals surface area contributed by atoms with Gasteiger partial charge in [-0.15, -0.1) is 0 Å². The molecule has 0 amide bonds. The predicted octanol–water partition coefficient (Wildman–Crippen LogP) is 2.10.